The van der Waals surface area contributed by atoms with E-state index in [9.17, 15) is 27.2 Å². The predicted molar refractivity (Wildman–Crippen MR) is 127 cm³/mol. The number of anilines is 1. The van der Waals surface area contributed by atoms with Crippen LogP contribution in [0.2, 0.25) is 0 Å². The molecule has 188 valence electrons. The molecule has 2 amide bonds. The molecule has 0 spiro atoms. The molecule has 1 aliphatic rings. The number of carbonyl (C=O) groups excluding carboxylic acids is 2. The molecule has 2 N–H and O–H groups in total. The second-order valence-corrected chi connectivity index (χ2v) is 8.45. The average molecular weight is 509 g/mol. The van der Waals surface area contributed by atoms with Crippen molar-refractivity contribution in [2.45, 2.75) is 12.6 Å². The van der Waals surface area contributed by atoms with E-state index in [0.717, 1.165) is 6.07 Å². The lowest BCUT2D eigenvalue weighted by Crippen LogP contribution is -2.33. The smallest absolute Gasteiger partial charge is 0.352 e. The van der Waals surface area contributed by atoms with Gasteiger partial charge in [0.25, 0.3) is 11.8 Å². The van der Waals surface area contributed by atoms with Crippen LogP contribution in [0.1, 0.15) is 32.0 Å². The third-order valence-corrected chi connectivity index (χ3v) is 5.94. The number of benzene rings is 2. The molecule has 0 saturated carbocycles. The molecule has 5 rings (SSSR count). The Bertz CT molecular complexity index is 1530. The fourth-order valence-electron chi connectivity index (χ4n) is 4.18. The molecule has 37 heavy (non-hydrogen) atoms. The van der Waals surface area contributed by atoms with Gasteiger partial charge in [0, 0.05) is 37.3 Å². The molecule has 2 aromatic heterocycles. The van der Waals surface area contributed by atoms with Gasteiger partial charge >= 0.3 is 6.18 Å². The summed E-state index contributed by atoms with van der Waals surface area (Å²) in [4.78, 5) is 30.2. The maximum Gasteiger partial charge on any atom is 0.417 e. The quantitative estimate of drug-likeness (QED) is 0.385. The van der Waals surface area contributed by atoms with Gasteiger partial charge in [0.05, 0.1) is 39.5 Å². The van der Waals surface area contributed by atoms with Gasteiger partial charge in [-0.15, -0.1) is 0 Å². The molecule has 3 heterocycles. The van der Waals surface area contributed by atoms with E-state index in [-0.39, 0.29) is 28.9 Å². The Morgan fingerprint density at radius 3 is 2.51 bits per heavy atom. The summed E-state index contributed by atoms with van der Waals surface area (Å²) in [6.45, 7) is 0.409. The van der Waals surface area contributed by atoms with Gasteiger partial charge in [-0.25, -0.2) is 9.37 Å². The number of aryl methyl sites for hydroxylation is 1. The van der Waals surface area contributed by atoms with Crippen molar-refractivity contribution in [3.8, 4) is 22.5 Å². The van der Waals surface area contributed by atoms with Crippen LogP contribution >= 0.6 is 0 Å². The van der Waals surface area contributed by atoms with E-state index in [1.54, 1.807) is 30.3 Å². The minimum absolute atomic E-state index is 0.0685. The normalized spacial score (nSPS) is 13.2. The van der Waals surface area contributed by atoms with Gasteiger partial charge in [-0.3, -0.25) is 14.3 Å². The van der Waals surface area contributed by atoms with Gasteiger partial charge < -0.3 is 10.6 Å². The highest BCUT2D eigenvalue weighted by molar-refractivity contribution is 6.08. The van der Waals surface area contributed by atoms with Crippen LogP contribution in [0.5, 0.6) is 0 Å². The SMILES string of the molecule is Cn1ccc(-c2cc(C(=O)Nc3cc4c(nc3-c3ccccc3)CCNC4=O)c(F)cc2C(F)(F)F)n1. The van der Waals surface area contributed by atoms with Gasteiger partial charge in [-0.2, -0.15) is 18.3 Å². The van der Waals surface area contributed by atoms with Crippen LogP contribution in [0, 0.1) is 5.82 Å². The largest absolute Gasteiger partial charge is 0.417 e. The first-order valence-corrected chi connectivity index (χ1v) is 11.2. The number of hydrogen-bond donors (Lipinski definition) is 2. The van der Waals surface area contributed by atoms with Gasteiger partial charge in [-0.1, -0.05) is 30.3 Å². The van der Waals surface area contributed by atoms with Gasteiger partial charge in [0.2, 0.25) is 0 Å². The summed E-state index contributed by atoms with van der Waals surface area (Å²) in [5, 5.41) is 9.24. The van der Waals surface area contributed by atoms with E-state index in [0.29, 0.717) is 29.9 Å². The molecular weight excluding hydrogens is 490 g/mol. The molecule has 0 bridgehead atoms. The van der Waals surface area contributed by atoms with Gasteiger partial charge in [0.15, 0.2) is 0 Å². The Balaban J connectivity index is 1.61. The molecule has 0 aliphatic carbocycles. The molecule has 11 heteroatoms. The maximum atomic E-state index is 14.9. The fraction of sp³-hybridized carbons (Fsp3) is 0.154. The number of halogens is 4. The highest BCUT2D eigenvalue weighted by atomic mass is 19.4. The van der Waals surface area contributed by atoms with E-state index in [1.165, 1.54) is 30.1 Å². The zero-order valence-electron chi connectivity index (χ0n) is 19.4. The summed E-state index contributed by atoms with van der Waals surface area (Å²) in [5.41, 5.74) is -0.486. The fourth-order valence-corrected chi connectivity index (χ4v) is 4.18. The number of pyridine rings is 1. The minimum Gasteiger partial charge on any atom is -0.352 e. The summed E-state index contributed by atoms with van der Waals surface area (Å²) in [6, 6.07) is 12.7. The second-order valence-electron chi connectivity index (χ2n) is 8.45. The van der Waals surface area contributed by atoms with Crippen molar-refractivity contribution in [1.82, 2.24) is 20.1 Å². The number of fused-ring (bicyclic) bond motifs is 1. The van der Waals surface area contributed by atoms with Crippen LogP contribution < -0.4 is 10.6 Å². The minimum atomic E-state index is -4.88. The van der Waals surface area contributed by atoms with Gasteiger partial charge in [0.1, 0.15) is 5.82 Å². The number of rotatable bonds is 4. The van der Waals surface area contributed by atoms with Crippen LogP contribution in [-0.2, 0) is 19.6 Å². The van der Waals surface area contributed by atoms with Crippen LogP contribution in [-0.4, -0.2) is 33.1 Å². The van der Waals surface area contributed by atoms with E-state index in [2.05, 4.69) is 20.7 Å². The summed E-state index contributed by atoms with van der Waals surface area (Å²) >= 11 is 0. The van der Waals surface area contributed by atoms with E-state index < -0.39 is 34.6 Å². The maximum absolute atomic E-state index is 14.9. The summed E-state index contributed by atoms with van der Waals surface area (Å²) in [6.07, 6.45) is -2.95. The molecule has 0 fully saturated rings. The highest BCUT2D eigenvalue weighted by Gasteiger charge is 2.36. The molecule has 1 aliphatic heterocycles. The number of aromatic nitrogens is 3. The monoisotopic (exact) mass is 509 g/mol. The molecule has 7 nitrogen and oxygen atoms in total. The molecular formula is C26H19F4N5O2. The van der Waals surface area contributed by atoms with Crippen LogP contribution in [0.4, 0.5) is 23.2 Å². The summed E-state index contributed by atoms with van der Waals surface area (Å²) in [7, 11) is 1.53. The lowest BCUT2D eigenvalue weighted by Gasteiger charge is -2.20. The predicted octanol–water partition coefficient (Wildman–Crippen LogP) is 4.85. The Morgan fingerprint density at radius 1 is 1.08 bits per heavy atom. The average Bonchev–Trinajstić information content (AvgIpc) is 3.30. The van der Waals surface area contributed by atoms with Crippen molar-refractivity contribution in [3.05, 3.63) is 89.0 Å². The first kappa shape index (κ1) is 24.2. The number of nitrogens with one attached hydrogen (secondary N) is 2. The Morgan fingerprint density at radius 2 is 1.84 bits per heavy atom. The van der Waals surface area contributed by atoms with Crippen molar-refractivity contribution < 1.29 is 27.2 Å². The molecule has 0 unspecified atom stereocenters. The van der Waals surface area contributed by atoms with E-state index >= 15 is 0 Å². The zero-order chi connectivity index (χ0) is 26.3. The number of amides is 2. The van der Waals surface area contributed by atoms with Crippen LogP contribution in [0.25, 0.3) is 22.5 Å². The lowest BCUT2D eigenvalue weighted by atomic mass is 9.99. The van der Waals surface area contributed by atoms with Crippen LogP contribution in [0.15, 0.2) is 60.8 Å². The first-order valence-electron chi connectivity index (χ1n) is 11.2. The summed E-state index contributed by atoms with van der Waals surface area (Å²) < 4.78 is 57.3. The van der Waals surface area contributed by atoms with Crippen molar-refractivity contribution in [1.29, 1.82) is 0 Å². The Labute approximate surface area is 208 Å². The highest BCUT2D eigenvalue weighted by Crippen LogP contribution is 2.38. The molecule has 0 radical (unpaired) electrons. The number of carbonyl (C=O) groups is 2. The van der Waals surface area contributed by atoms with Crippen molar-refractivity contribution in [2.75, 3.05) is 11.9 Å². The van der Waals surface area contributed by atoms with Crippen molar-refractivity contribution >= 4 is 17.5 Å². The second kappa shape index (κ2) is 9.16. The zero-order valence-corrected chi connectivity index (χ0v) is 19.4. The Kier molecular flexibility index (Phi) is 5.98. The third kappa shape index (κ3) is 4.67. The number of nitrogens with zero attached hydrogens (tertiary/aromatic N) is 3. The first-order chi connectivity index (χ1) is 17.6. The third-order valence-electron chi connectivity index (χ3n) is 5.94. The lowest BCUT2D eigenvalue weighted by molar-refractivity contribution is -0.137. The molecule has 0 atom stereocenters. The number of alkyl halides is 3. The topological polar surface area (TPSA) is 88.9 Å². The molecule has 2 aromatic carbocycles. The number of hydrogen-bond acceptors (Lipinski definition) is 4. The van der Waals surface area contributed by atoms with Crippen molar-refractivity contribution in [2.24, 2.45) is 7.05 Å². The summed E-state index contributed by atoms with van der Waals surface area (Å²) in [5.74, 6) is -2.73. The standard InChI is InChI=1S/C26H19F4N5O2/c1-35-10-8-21(34-35)15-11-16(19(27)13-18(15)26(28,29)30)25(37)33-22-12-17-20(7-9-31-24(17)36)32-23(22)14-5-3-2-4-6-14/h2-6,8,10-13H,7,9H2,1H3,(H,31,36)(H,33,37). The van der Waals surface area contributed by atoms with Crippen LogP contribution in [0.3, 0.4) is 0 Å². The molecule has 4 aromatic rings. The van der Waals surface area contributed by atoms with E-state index in [1.807, 2.05) is 0 Å². The van der Waals surface area contributed by atoms with E-state index in [4.69, 9.17) is 0 Å². The molecule has 0 saturated heterocycles. The van der Waals surface area contributed by atoms with Crippen molar-refractivity contribution in [3.63, 3.8) is 0 Å². The Hall–Kier alpha value is -4.54. The van der Waals surface area contributed by atoms with Gasteiger partial charge in [-0.05, 0) is 24.3 Å².